The molecule has 1 aliphatic heterocycles. The number of hydrogen-bond acceptors (Lipinski definition) is 2. The Labute approximate surface area is 111 Å². The predicted octanol–water partition coefficient (Wildman–Crippen LogP) is 3.59. The third-order valence-electron chi connectivity index (χ3n) is 3.74. The first-order valence-corrected chi connectivity index (χ1v) is 7.12. The summed E-state index contributed by atoms with van der Waals surface area (Å²) in [6.45, 7) is 11.0. The summed E-state index contributed by atoms with van der Waals surface area (Å²) in [7, 11) is 0. The van der Waals surface area contributed by atoms with Gasteiger partial charge in [0.1, 0.15) is 12.4 Å². The molecule has 0 aliphatic carbocycles. The molecular formula is C16H25NO. The highest BCUT2D eigenvalue weighted by atomic mass is 16.5. The minimum absolute atomic E-state index is 0.587. The fourth-order valence-electron chi connectivity index (χ4n) is 2.68. The van der Waals surface area contributed by atoms with Crippen molar-refractivity contribution in [3.8, 4) is 5.75 Å². The number of aryl methyl sites for hydroxylation is 1. The van der Waals surface area contributed by atoms with Gasteiger partial charge in [-0.15, -0.1) is 0 Å². The van der Waals surface area contributed by atoms with Gasteiger partial charge in [0.2, 0.25) is 0 Å². The topological polar surface area (TPSA) is 12.5 Å². The molecule has 1 fully saturated rings. The lowest BCUT2D eigenvalue weighted by Gasteiger charge is -2.16. The van der Waals surface area contributed by atoms with Crippen LogP contribution in [0.15, 0.2) is 18.2 Å². The Bertz CT molecular complexity index is 381. The number of nitrogens with zero attached hydrogens (tertiary/aromatic N) is 1. The molecule has 0 N–H and O–H groups in total. The third kappa shape index (κ3) is 3.49. The van der Waals surface area contributed by atoms with Crippen LogP contribution in [0.25, 0.3) is 0 Å². The molecule has 2 nitrogen and oxygen atoms in total. The number of likely N-dealkylation sites (tertiary alicyclic amines) is 1. The minimum atomic E-state index is 0.587. The molecule has 1 heterocycles. The maximum atomic E-state index is 5.84. The molecule has 1 aromatic rings. The van der Waals surface area contributed by atoms with E-state index in [2.05, 4.69) is 43.9 Å². The molecule has 18 heavy (non-hydrogen) atoms. The van der Waals surface area contributed by atoms with Gasteiger partial charge in [0, 0.05) is 6.54 Å². The maximum Gasteiger partial charge on any atom is 0.119 e. The van der Waals surface area contributed by atoms with Crippen LogP contribution in [0.2, 0.25) is 0 Å². The van der Waals surface area contributed by atoms with Crippen molar-refractivity contribution in [2.75, 3.05) is 26.2 Å². The predicted molar refractivity (Wildman–Crippen MR) is 76.4 cm³/mol. The van der Waals surface area contributed by atoms with Crippen LogP contribution in [0.4, 0.5) is 0 Å². The maximum absolute atomic E-state index is 5.84. The van der Waals surface area contributed by atoms with Crippen LogP contribution >= 0.6 is 0 Å². The standard InChI is InChI=1S/C16H25NO/c1-13(2)16-7-6-15(12-14(16)3)18-11-10-17-8-4-5-9-17/h6-7,12-13H,4-5,8-11H2,1-3H3. The third-order valence-corrected chi connectivity index (χ3v) is 3.74. The van der Waals surface area contributed by atoms with E-state index in [-0.39, 0.29) is 0 Å². The van der Waals surface area contributed by atoms with E-state index in [4.69, 9.17) is 4.74 Å². The van der Waals surface area contributed by atoms with E-state index in [1.807, 2.05) is 0 Å². The zero-order valence-electron chi connectivity index (χ0n) is 11.9. The van der Waals surface area contributed by atoms with Crippen molar-refractivity contribution >= 4 is 0 Å². The molecule has 0 unspecified atom stereocenters. The van der Waals surface area contributed by atoms with Gasteiger partial charge in [0.15, 0.2) is 0 Å². The number of rotatable bonds is 5. The summed E-state index contributed by atoms with van der Waals surface area (Å²) in [5, 5.41) is 0. The molecule has 0 atom stereocenters. The van der Waals surface area contributed by atoms with E-state index < -0.39 is 0 Å². The van der Waals surface area contributed by atoms with E-state index in [1.54, 1.807) is 0 Å². The van der Waals surface area contributed by atoms with Crippen LogP contribution in [0.3, 0.4) is 0 Å². The smallest absolute Gasteiger partial charge is 0.119 e. The normalized spacial score (nSPS) is 16.4. The Hall–Kier alpha value is -1.02. The summed E-state index contributed by atoms with van der Waals surface area (Å²) >= 11 is 0. The Morgan fingerprint density at radius 2 is 1.94 bits per heavy atom. The molecular weight excluding hydrogens is 222 g/mol. The zero-order valence-corrected chi connectivity index (χ0v) is 11.9. The molecule has 0 spiro atoms. The lowest BCUT2D eigenvalue weighted by Crippen LogP contribution is -2.25. The highest BCUT2D eigenvalue weighted by molar-refractivity contribution is 5.36. The van der Waals surface area contributed by atoms with Gasteiger partial charge in [0.05, 0.1) is 0 Å². The van der Waals surface area contributed by atoms with Gasteiger partial charge in [-0.2, -0.15) is 0 Å². The molecule has 0 bridgehead atoms. The quantitative estimate of drug-likeness (QED) is 0.788. The monoisotopic (exact) mass is 247 g/mol. The average Bonchev–Trinajstić information content (AvgIpc) is 2.81. The second-order valence-electron chi connectivity index (χ2n) is 5.57. The van der Waals surface area contributed by atoms with Crippen LogP contribution in [0, 0.1) is 6.92 Å². The first kappa shape index (κ1) is 13.4. The largest absolute Gasteiger partial charge is 0.492 e. The Morgan fingerprint density at radius 3 is 2.56 bits per heavy atom. The number of benzene rings is 1. The summed E-state index contributed by atoms with van der Waals surface area (Å²) in [4.78, 5) is 2.48. The summed E-state index contributed by atoms with van der Waals surface area (Å²) < 4.78 is 5.84. The van der Waals surface area contributed by atoms with Crippen LogP contribution in [-0.4, -0.2) is 31.1 Å². The SMILES string of the molecule is Cc1cc(OCCN2CCCC2)ccc1C(C)C. The highest BCUT2D eigenvalue weighted by Crippen LogP contribution is 2.23. The highest BCUT2D eigenvalue weighted by Gasteiger charge is 2.11. The van der Waals surface area contributed by atoms with E-state index in [0.717, 1.165) is 18.9 Å². The van der Waals surface area contributed by atoms with Gasteiger partial charge in [-0.05, 0) is 62.0 Å². The summed E-state index contributed by atoms with van der Waals surface area (Å²) in [6, 6.07) is 6.47. The minimum Gasteiger partial charge on any atom is -0.492 e. The van der Waals surface area contributed by atoms with Gasteiger partial charge < -0.3 is 4.74 Å². The number of hydrogen-bond donors (Lipinski definition) is 0. The van der Waals surface area contributed by atoms with E-state index in [9.17, 15) is 0 Å². The van der Waals surface area contributed by atoms with Crippen LogP contribution in [-0.2, 0) is 0 Å². The Morgan fingerprint density at radius 1 is 1.22 bits per heavy atom. The van der Waals surface area contributed by atoms with Crippen molar-refractivity contribution in [2.24, 2.45) is 0 Å². The molecule has 1 aliphatic rings. The fraction of sp³-hybridized carbons (Fsp3) is 0.625. The van der Waals surface area contributed by atoms with E-state index in [1.165, 1.54) is 37.1 Å². The molecule has 1 saturated heterocycles. The summed E-state index contributed by atoms with van der Waals surface area (Å²) in [6.07, 6.45) is 2.70. The molecule has 2 rings (SSSR count). The molecule has 1 aromatic carbocycles. The Balaban J connectivity index is 1.84. The molecule has 100 valence electrons. The molecule has 0 aromatic heterocycles. The molecule has 0 saturated carbocycles. The van der Waals surface area contributed by atoms with Crippen molar-refractivity contribution in [3.63, 3.8) is 0 Å². The van der Waals surface area contributed by atoms with Crippen LogP contribution < -0.4 is 4.74 Å². The van der Waals surface area contributed by atoms with E-state index in [0.29, 0.717) is 5.92 Å². The molecule has 0 radical (unpaired) electrons. The van der Waals surface area contributed by atoms with Crippen molar-refractivity contribution in [1.29, 1.82) is 0 Å². The van der Waals surface area contributed by atoms with Gasteiger partial charge in [-0.3, -0.25) is 4.90 Å². The van der Waals surface area contributed by atoms with Gasteiger partial charge in [0.25, 0.3) is 0 Å². The Kier molecular flexibility index (Phi) is 4.65. The first-order valence-electron chi connectivity index (χ1n) is 7.12. The zero-order chi connectivity index (χ0) is 13.0. The summed E-state index contributed by atoms with van der Waals surface area (Å²) in [5.74, 6) is 1.60. The number of ether oxygens (including phenoxy) is 1. The lowest BCUT2D eigenvalue weighted by atomic mass is 9.98. The lowest BCUT2D eigenvalue weighted by molar-refractivity contribution is 0.237. The van der Waals surface area contributed by atoms with Crippen molar-refractivity contribution in [1.82, 2.24) is 4.90 Å². The van der Waals surface area contributed by atoms with Crippen molar-refractivity contribution in [3.05, 3.63) is 29.3 Å². The molecule has 2 heteroatoms. The summed E-state index contributed by atoms with van der Waals surface area (Å²) in [5.41, 5.74) is 2.76. The van der Waals surface area contributed by atoms with Crippen molar-refractivity contribution < 1.29 is 4.74 Å². The van der Waals surface area contributed by atoms with Gasteiger partial charge >= 0.3 is 0 Å². The van der Waals surface area contributed by atoms with Gasteiger partial charge in [-0.25, -0.2) is 0 Å². The molecule has 0 amide bonds. The van der Waals surface area contributed by atoms with Crippen molar-refractivity contribution in [2.45, 2.75) is 39.5 Å². The fourth-order valence-corrected chi connectivity index (χ4v) is 2.68. The average molecular weight is 247 g/mol. The second kappa shape index (κ2) is 6.24. The van der Waals surface area contributed by atoms with Crippen LogP contribution in [0.1, 0.15) is 43.7 Å². The van der Waals surface area contributed by atoms with Gasteiger partial charge in [-0.1, -0.05) is 19.9 Å². The van der Waals surface area contributed by atoms with Crippen LogP contribution in [0.5, 0.6) is 5.75 Å². The van der Waals surface area contributed by atoms with E-state index >= 15 is 0 Å². The first-order chi connectivity index (χ1) is 8.66. The second-order valence-corrected chi connectivity index (χ2v) is 5.57.